The molecule has 80 valence electrons. The Hall–Kier alpha value is -1.59. The number of hydrogen-bond donors (Lipinski definition) is 3. The van der Waals surface area contributed by atoms with Crippen LogP contribution in [0.25, 0.3) is 0 Å². The molecule has 1 unspecified atom stereocenters. The van der Waals surface area contributed by atoms with Crippen LogP contribution >= 0.6 is 11.6 Å². The average molecular weight is 229 g/mol. The summed E-state index contributed by atoms with van der Waals surface area (Å²) in [6.07, 6.45) is 0. The Morgan fingerprint density at radius 1 is 1.40 bits per heavy atom. The highest BCUT2D eigenvalue weighted by atomic mass is 35.5. The molecule has 0 aliphatic carbocycles. The van der Waals surface area contributed by atoms with Gasteiger partial charge < -0.3 is 16.2 Å². The number of rotatable bonds is 3. The molecule has 1 aromatic carbocycles. The molecule has 1 atom stereocenters. The van der Waals surface area contributed by atoms with E-state index in [0.29, 0.717) is 10.7 Å². The molecule has 1 aromatic rings. The fourth-order valence-corrected chi connectivity index (χ4v) is 1.07. The lowest BCUT2D eigenvalue weighted by Gasteiger charge is -2.09. The van der Waals surface area contributed by atoms with Crippen molar-refractivity contribution in [2.75, 3.05) is 5.32 Å². The largest absolute Gasteiger partial charge is 0.480 e. The van der Waals surface area contributed by atoms with E-state index < -0.39 is 17.9 Å². The zero-order valence-corrected chi connectivity index (χ0v) is 8.36. The van der Waals surface area contributed by atoms with Gasteiger partial charge in [0.2, 0.25) is 0 Å². The first-order valence-electron chi connectivity index (χ1n) is 4.06. The first kappa shape index (κ1) is 11.5. The summed E-state index contributed by atoms with van der Waals surface area (Å²) >= 11 is 5.75. The Morgan fingerprint density at radius 3 is 2.53 bits per heavy atom. The Bertz CT molecular complexity index is 395. The number of anilines is 1. The maximum Gasteiger partial charge on any atom is 0.330 e. The van der Waals surface area contributed by atoms with E-state index in [9.17, 15) is 9.59 Å². The maximum atomic E-state index is 11.2. The predicted octanol–water partition coefficient (Wildman–Crippen LogP) is 0.690. The number of nitrogens with two attached hydrogens (primary N) is 1. The molecule has 1 amide bonds. The molecule has 4 N–H and O–H groups in total. The van der Waals surface area contributed by atoms with Crippen molar-refractivity contribution in [3.63, 3.8) is 0 Å². The lowest BCUT2D eigenvalue weighted by atomic mass is 10.2. The number of benzene rings is 1. The molecule has 6 heteroatoms. The topological polar surface area (TPSA) is 92.4 Å². The van der Waals surface area contributed by atoms with Crippen LogP contribution in [-0.4, -0.2) is 23.0 Å². The van der Waals surface area contributed by atoms with E-state index in [-0.39, 0.29) is 0 Å². The SMILES string of the molecule is NC(C(=O)O)C(=O)Nc1ccccc1Cl. The summed E-state index contributed by atoms with van der Waals surface area (Å²) in [5.41, 5.74) is 5.44. The minimum atomic E-state index is -1.60. The quantitative estimate of drug-likeness (QED) is 0.664. The van der Waals surface area contributed by atoms with Gasteiger partial charge in [-0.3, -0.25) is 4.79 Å². The lowest BCUT2D eigenvalue weighted by Crippen LogP contribution is -2.42. The summed E-state index contributed by atoms with van der Waals surface area (Å²) in [4.78, 5) is 21.6. The van der Waals surface area contributed by atoms with Crippen LogP contribution in [0.2, 0.25) is 5.02 Å². The van der Waals surface area contributed by atoms with Crippen molar-refractivity contribution in [2.24, 2.45) is 5.73 Å². The Morgan fingerprint density at radius 2 is 2.00 bits per heavy atom. The summed E-state index contributed by atoms with van der Waals surface area (Å²) in [5.74, 6) is -2.20. The lowest BCUT2D eigenvalue weighted by molar-refractivity contribution is -0.141. The van der Waals surface area contributed by atoms with Gasteiger partial charge in [-0.2, -0.15) is 0 Å². The zero-order valence-electron chi connectivity index (χ0n) is 7.61. The number of carbonyl (C=O) groups excluding carboxylic acids is 1. The second-order valence-corrected chi connectivity index (χ2v) is 3.19. The second-order valence-electron chi connectivity index (χ2n) is 2.79. The Kier molecular flexibility index (Phi) is 3.65. The normalized spacial score (nSPS) is 11.9. The van der Waals surface area contributed by atoms with Crippen molar-refractivity contribution in [3.05, 3.63) is 29.3 Å². The highest BCUT2D eigenvalue weighted by molar-refractivity contribution is 6.33. The van der Waals surface area contributed by atoms with Crippen molar-refractivity contribution >= 4 is 29.2 Å². The van der Waals surface area contributed by atoms with Crippen molar-refractivity contribution in [1.29, 1.82) is 0 Å². The zero-order chi connectivity index (χ0) is 11.4. The molecule has 0 radical (unpaired) electrons. The molecule has 0 saturated carbocycles. The summed E-state index contributed by atoms with van der Waals surface area (Å²) in [7, 11) is 0. The second kappa shape index (κ2) is 4.77. The molecule has 5 nitrogen and oxygen atoms in total. The first-order valence-corrected chi connectivity index (χ1v) is 4.44. The fourth-order valence-electron chi connectivity index (χ4n) is 0.885. The van der Waals surface area contributed by atoms with Crippen molar-refractivity contribution in [1.82, 2.24) is 0 Å². The average Bonchev–Trinajstić information content (AvgIpc) is 2.20. The van der Waals surface area contributed by atoms with E-state index in [2.05, 4.69) is 5.32 Å². The monoisotopic (exact) mass is 228 g/mol. The minimum Gasteiger partial charge on any atom is -0.480 e. The van der Waals surface area contributed by atoms with Crippen molar-refractivity contribution in [3.8, 4) is 0 Å². The van der Waals surface area contributed by atoms with Crippen LogP contribution in [0.15, 0.2) is 24.3 Å². The summed E-state index contributed by atoms with van der Waals surface area (Å²) < 4.78 is 0. The van der Waals surface area contributed by atoms with Crippen LogP contribution < -0.4 is 11.1 Å². The van der Waals surface area contributed by atoms with Gasteiger partial charge in [0.15, 0.2) is 6.04 Å². The number of hydrogen-bond acceptors (Lipinski definition) is 3. The van der Waals surface area contributed by atoms with E-state index in [4.69, 9.17) is 22.4 Å². The number of halogens is 1. The van der Waals surface area contributed by atoms with Crippen LogP contribution in [0.1, 0.15) is 0 Å². The van der Waals surface area contributed by atoms with Crippen LogP contribution in [-0.2, 0) is 9.59 Å². The van der Waals surface area contributed by atoms with Gasteiger partial charge in [-0.05, 0) is 12.1 Å². The number of carboxylic acid groups (broad SMARTS) is 1. The molecule has 0 spiro atoms. The van der Waals surface area contributed by atoms with Crippen LogP contribution in [0.3, 0.4) is 0 Å². The third kappa shape index (κ3) is 2.93. The number of para-hydroxylation sites is 1. The predicted molar refractivity (Wildman–Crippen MR) is 55.7 cm³/mol. The third-order valence-corrected chi connectivity index (χ3v) is 2.01. The molecular weight excluding hydrogens is 220 g/mol. The Labute approximate surface area is 90.8 Å². The van der Waals surface area contributed by atoms with E-state index in [1.54, 1.807) is 24.3 Å². The fraction of sp³-hybridized carbons (Fsp3) is 0.111. The number of aliphatic carboxylic acids is 1. The molecule has 1 rings (SSSR count). The molecular formula is C9H9ClN2O3. The molecule has 0 saturated heterocycles. The van der Waals surface area contributed by atoms with Gasteiger partial charge in [0.1, 0.15) is 0 Å². The van der Waals surface area contributed by atoms with Gasteiger partial charge in [-0.1, -0.05) is 23.7 Å². The first-order chi connectivity index (χ1) is 7.02. The minimum absolute atomic E-state index is 0.323. The van der Waals surface area contributed by atoms with Gasteiger partial charge in [-0.25, -0.2) is 4.79 Å². The molecule has 0 bridgehead atoms. The summed E-state index contributed by atoms with van der Waals surface area (Å²) in [6.45, 7) is 0. The molecule has 0 aliphatic heterocycles. The smallest absolute Gasteiger partial charge is 0.330 e. The van der Waals surface area contributed by atoms with E-state index in [0.717, 1.165) is 0 Å². The number of carbonyl (C=O) groups is 2. The van der Waals surface area contributed by atoms with Crippen LogP contribution in [0, 0.1) is 0 Å². The van der Waals surface area contributed by atoms with Gasteiger partial charge in [-0.15, -0.1) is 0 Å². The van der Waals surface area contributed by atoms with Gasteiger partial charge in [0, 0.05) is 0 Å². The van der Waals surface area contributed by atoms with E-state index in [1.807, 2.05) is 0 Å². The van der Waals surface area contributed by atoms with Crippen LogP contribution in [0.5, 0.6) is 0 Å². The number of nitrogens with one attached hydrogen (secondary N) is 1. The van der Waals surface area contributed by atoms with Crippen molar-refractivity contribution < 1.29 is 14.7 Å². The molecule has 0 fully saturated rings. The van der Waals surface area contributed by atoms with Gasteiger partial charge >= 0.3 is 5.97 Å². The Balaban J connectivity index is 2.75. The van der Waals surface area contributed by atoms with Gasteiger partial charge in [0.05, 0.1) is 10.7 Å². The highest BCUT2D eigenvalue weighted by Crippen LogP contribution is 2.20. The van der Waals surface area contributed by atoms with E-state index >= 15 is 0 Å². The third-order valence-electron chi connectivity index (χ3n) is 1.68. The number of carboxylic acids is 1. The summed E-state index contributed by atoms with van der Waals surface area (Å²) in [5, 5.41) is 11.1. The molecule has 0 heterocycles. The molecule has 0 aliphatic rings. The standard InChI is InChI=1S/C9H9ClN2O3/c10-5-3-1-2-4-6(5)12-8(13)7(11)9(14)15/h1-4,7H,11H2,(H,12,13)(H,14,15). The molecule has 15 heavy (non-hydrogen) atoms. The molecule has 0 aromatic heterocycles. The van der Waals surface area contributed by atoms with Crippen molar-refractivity contribution in [2.45, 2.75) is 6.04 Å². The highest BCUT2D eigenvalue weighted by Gasteiger charge is 2.21. The van der Waals surface area contributed by atoms with Gasteiger partial charge in [0.25, 0.3) is 5.91 Å². The van der Waals surface area contributed by atoms with Crippen LogP contribution in [0.4, 0.5) is 5.69 Å². The summed E-state index contributed by atoms with van der Waals surface area (Å²) in [6, 6.07) is 4.88. The van der Waals surface area contributed by atoms with E-state index in [1.165, 1.54) is 0 Å². The number of amides is 1. The maximum absolute atomic E-state index is 11.2.